The first-order valence-corrected chi connectivity index (χ1v) is 5.20. The average Bonchev–Trinajstić information content (AvgIpc) is 2.67. The Morgan fingerprint density at radius 2 is 2.00 bits per heavy atom. The summed E-state index contributed by atoms with van der Waals surface area (Å²) in [5, 5.41) is 12.4. The molecule has 0 aliphatic heterocycles. The van der Waals surface area contributed by atoms with Gasteiger partial charge in [0.05, 0.1) is 6.20 Å². The zero-order valence-electron chi connectivity index (χ0n) is 7.48. The van der Waals surface area contributed by atoms with Gasteiger partial charge in [0.2, 0.25) is 0 Å². The molecular formula is C10H6INO3. The van der Waals surface area contributed by atoms with Gasteiger partial charge in [0.1, 0.15) is 5.56 Å². The Balaban J connectivity index is 2.49. The first kappa shape index (κ1) is 10.2. The summed E-state index contributed by atoms with van der Waals surface area (Å²) < 4.78 is 6.00. The zero-order valence-corrected chi connectivity index (χ0v) is 9.63. The van der Waals surface area contributed by atoms with Gasteiger partial charge in [-0.05, 0) is 34.7 Å². The van der Waals surface area contributed by atoms with E-state index in [1.54, 1.807) is 12.1 Å². The molecule has 0 saturated carbocycles. The van der Waals surface area contributed by atoms with Crippen LogP contribution in [0.5, 0.6) is 0 Å². The molecule has 1 N–H and O–H groups in total. The third-order valence-corrected chi connectivity index (χ3v) is 2.63. The van der Waals surface area contributed by atoms with Gasteiger partial charge < -0.3 is 9.63 Å². The summed E-state index contributed by atoms with van der Waals surface area (Å²) in [6, 6.07) is 7.36. The molecule has 0 unspecified atom stereocenters. The largest absolute Gasteiger partial charge is 0.477 e. The lowest BCUT2D eigenvalue weighted by Gasteiger charge is -1.97. The van der Waals surface area contributed by atoms with E-state index in [-0.39, 0.29) is 5.56 Å². The van der Waals surface area contributed by atoms with Crippen LogP contribution < -0.4 is 0 Å². The summed E-state index contributed by atoms with van der Waals surface area (Å²) in [6.45, 7) is 0. The molecule has 5 heteroatoms. The van der Waals surface area contributed by atoms with Crippen molar-refractivity contribution in [2.75, 3.05) is 0 Å². The molecule has 0 bridgehead atoms. The Labute approximate surface area is 99.0 Å². The summed E-state index contributed by atoms with van der Waals surface area (Å²) in [5.41, 5.74) is 0.793. The number of carbonyl (C=O) groups is 1. The smallest absolute Gasteiger partial charge is 0.341 e. The minimum atomic E-state index is -1.04. The van der Waals surface area contributed by atoms with Crippen molar-refractivity contribution in [2.24, 2.45) is 0 Å². The van der Waals surface area contributed by atoms with Gasteiger partial charge in [0.25, 0.3) is 0 Å². The summed E-state index contributed by atoms with van der Waals surface area (Å²) >= 11 is 2.17. The standard InChI is InChI=1S/C10H6INO3/c11-7-3-1-6(2-4-7)9-8(10(13)14)5-12-15-9/h1-5H,(H,13,14). The molecule has 1 aromatic carbocycles. The summed E-state index contributed by atoms with van der Waals surface area (Å²) in [6.07, 6.45) is 1.20. The second kappa shape index (κ2) is 4.01. The molecule has 0 spiro atoms. The minimum Gasteiger partial charge on any atom is -0.477 e. The first-order valence-electron chi connectivity index (χ1n) is 4.12. The second-order valence-corrected chi connectivity index (χ2v) is 4.13. The Kier molecular flexibility index (Phi) is 2.72. The van der Waals surface area contributed by atoms with Crippen LogP contribution in [0.1, 0.15) is 10.4 Å². The van der Waals surface area contributed by atoms with Crippen LogP contribution in [0.2, 0.25) is 0 Å². The lowest BCUT2D eigenvalue weighted by molar-refractivity contribution is 0.0697. The van der Waals surface area contributed by atoms with Gasteiger partial charge in [-0.2, -0.15) is 0 Å². The molecule has 0 radical (unpaired) electrons. The molecule has 0 amide bonds. The van der Waals surface area contributed by atoms with Gasteiger partial charge in [-0.15, -0.1) is 0 Å². The predicted molar refractivity (Wildman–Crippen MR) is 61.6 cm³/mol. The van der Waals surface area contributed by atoms with Crippen molar-refractivity contribution >= 4 is 28.6 Å². The van der Waals surface area contributed by atoms with Gasteiger partial charge in [0.15, 0.2) is 5.76 Å². The van der Waals surface area contributed by atoms with Crippen molar-refractivity contribution in [3.63, 3.8) is 0 Å². The van der Waals surface area contributed by atoms with Gasteiger partial charge in [0, 0.05) is 9.13 Å². The van der Waals surface area contributed by atoms with Crippen molar-refractivity contribution in [1.29, 1.82) is 0 Å². The van der Waals surface area contributed by atoms with Crippen molar-refractivity contribution in [1.82, 2.24) is 5.16 Å². The van der Waals surface area contributed by atoms with E-state index in [0.29, 0.717) is 11.3 Å². The SMILES string of the molecule is O=C(O)c1cnoc1-c1ccc(I)cc1. The molecule has 1 aromatic heterocycles. The zero-order chi connectivity index (χ0) is 10.8. The maximum absolute atomic E-state index is 10.8. The van der Waals surface area contributed by atoms with E-state index in [1.807, 2.05) is 12.1 Å². The van der Waals surface area contributed by atoms with Gasteiger partial charge >= 0.3 is 5.97 Å². The number of aromatic carboxylic acids is 1. The predicted octanol–water partition coefficient (Wildman–Crippen LogP) is 2.64. The van der Waals surface area contributed by atoms with Crippen LogP contribution in [0.3, 0.4) is 0 Å². The Bertz CT molecular complexity index is 490. The first-order chi connectivity index (χ1) is 7.18. The monoisotopic (exact) mass is 315 g/mol. The molecule has 4 nitrogen and oxygen atoms in total. The van der Waals surface area contributed by atoms with E-state index >= 15 is 0 Å². The molecule has 2 rings (SSSR count). The van der Waals surface area contributed by atoms with Gasteiger partial charge in [-0.25, -0.2) is 4.79 Å². The molecule has 0 aliphatic carbocycles. The second-order valence-electron chi connectivity index (χ2n) is 2.88. The number of halogens is 1. The van der Waals surface area contributed by atoms with Crippen LogP contribution in [0, 0.1) is 3.57 Å². The lowest BCUT2D eigenvalue weighted by atomic mass is 10.1. The van der Waals surface area contributed by atoms with Crippen molar-refractivity contribution in [2.45, 2.75) is 0 Å². The van der Waals surface area contributed by atoms with E-state index in [4.69, 9.17) is 9.63 Å². The normalized spacial score (nSPS) is 10.2. The number of nitrogens with zero attached hydrogens (tertiary/aromatic N) is 1. The quantitative estimate of drug-likeness (QED) is 0.866. The molecule has 0 fully saturated rings. The third-order valence-electron chi connectivity index (χ3n) is 1.91. The number of hydrogen-bond acceptors (Lipinski definition) is 3. The van der Waals surface area contributed by atoms with Crippen LogP contribution >= 0.6 is 22.6 Å². The maximum atomic E-state index is 10.8. The molecule has 1 heterocycles. The molecule has 0 saturated heterocycles. The van der Waals surface area contributed by atoms with Crippen LogP contribution in [-0.2, 0) is 0 Å². The molecular weight excluding hydrogens is 309 g/mol. The maximum Gasteiger partial charge on any atom is 0.341 e. The van der Waals surface area contributed by atoms with Gasteiger partial charge in [-0.1, -0.05) is 17.3 Å². The fourth-order valence-electron chi connectivity index (χ4n) is 1.20. The summed E-state index contributed by atoms with van der Waals surface area (Å²) in [7, 11) is 0. The van der Waals surface area contributed by atoms with Crippen LogP contribution in [-0.4, -0.2) is 16.2 Å². The molecule has 0 aliphatic rings. The molecule has 2 aromatic rings. The summed E-state index contributed by atoms with van der Waals surface area (Å²) in [5.74, 6) is -0.747. The number of rotatable bonds is 2. The highest BCUT2D eigenvalue weighted by molar-refractivity contribution is 14.1. The third kappa shape index (κ3) is 2.01. The Morgan fingerprint density at radius 3 is 2.60 bits per heavy atom. The number of hydrogen-bond donors (Lipinski definition) is 1. The molecule has 76 valence electrons. The van der Waals surface area contributed by atoms with E-state index < -0.39 is 5.97 Å². The highest BCUT2D eigenvalue weighted by atomic mass is 127. The molecule has 15 heavy (non-hydrogen) atoms. The molecule has 0 atom stereocenters. The number of aromatic nitrogens is 1. The topological polar surface area (TPSA) is 63.3 Å². The highest BCUT2D eigenvalue weighted by Gasteiger charge is 2.16. The highest BCUT2D eigenvalue weighted by Crippen LogP contribution is 2.24. The van der Waals surface area contributed by atoms with E-state index in [2.05, 4.69) is 27.7 Å². The van der Waals surface area contributed by atoms with Crippen LogP contribution in [0.25, 0.3) is 11.3 Å². The van der Waals surface area contributed by atoms with Gasteiger partial charge in [-0.3, -0.25) is 0 Å². The van der Waals surface area contributed by atoms with Crippen LogP contribution in [0.4, 0.5) is 0 Å². The summed E-state index contributed by atoms with van der Waals surface area (Å²) in [4.78, 5) is 10.8. The van der Waals surface area contributed by atoms with Crippen molar-refractivity contribution in [3.8, 4) is 11.3 Å². The number of benzene rings is 1. The Hall–Kier alpha value is -1.37. The van der Waals surface area contributed by atoms with Crippen LogP contribution in [0.15, 0.2) is 35.0 Å². The number of carboxylic acids is 1. The fraction of sp³-hybridized carbons (Fsp3) is 0. The Morgan fingerprint density at radius 1 is 1.33 bits per heavy atom. The van der Waals surface area contributed by atoms with E-state index in [1.165, 1.54) is 6.20 Å². The van der Waals surface area contributed by atoms with Crippen molar-refractivity contribution < 1.29 is 14.4 Å². The van der Waals surface area contributed by atoms with E-state index in [0.717, 1.165) is 3.57 Å². The van der Waals surface area contributed by atoms with Crippen molar-refractivity contribution in [3.05, 3.63) is 39.6 Å². The minimum absolute atomic E-state index is 0.0798. The number of carboxylic acid groups (broad SMARTS) is 1. The average molecular weight is 315 g/mol. The fourth-order valence-corrected chi connectivity index (χ4v) is 1.56. The lowest BCUT2D eigenvalue weighted by Crippen LogP contribution is -1.95. The van der Waals surface area contributed by atoms with E-state index in [9.17, 15) is 4.79 Å².